The molecule has 0 spiro atoms. The van der Waals surface area contributed by atoms with Crippen molar-refractivity contribution < 1.29 is 0 Å². The molecule has 2 saturated heterocycles. The molecule has 2 heterocycles. The number of nitrogens with zero attached hydrogens (tertiary/aromatic N) is 4. The van der Waals surface area contributed by atoms with Crippen molar-refractivity contribution in [2.24, 2.45) is 0 Å². The third kappa shape index (κ3) is 3.00. The predicted octanol–water partition coefficient (Wildman–Crippen LogP) is 5.67. The Morgan fingerprint density at radius 1 is 0.323 bits per heavy atom. The highest BCUT2D eigenvalue weighted by Crippen LogP contribution is 2.54. The summed E-state index contributed by atoms with van der Waals surface area (Å²) in [4.78, 5) is 11.0. The molecule has 2 aliphatic rings. The number of rotatable bonds is 0. The van der Waals surface area contributed by atoms with Gasteiger partial charge in [-0.1, -0.05) is 0 Å². The monoisotopic (exact) mass is 436 g/mol. The van der Waals surface area contributed by atoms with Gasteiger partial charge < -0.3 is 0 Å². The summed E-state index contributed by atoms with van der Waals surface area (Å²) in [6.45, 7) is 40.2. The molecule has 0 unspecified atom stereocenters. The van der Waals surface area contributed by atoms with Crippen LogP contribution in [0.5, 0.6) is 0 Å². The van der Waals surface area contributed by atoms with Gasteiger partial charge in [0.15, 0.2) is 0 Å². The third-order valence-electron chi connectivity index (χ3n) is 12.3. The molecule has 0 aromatic heterocycles. The Hall–Kier alpha value is -0.160. The smallest absolute Gasteiger partial charge is 0.0529 e. The summed E-state index contributed by atoms with van der Waals surface area (Å²) in [7, 11) is 4.69. The minimum Gasteiger partial charge on any atom is -0.292 e. The first-order valence-electron chi connectivity index (χ1n) is 12.3. The first-order valence-corrected chi connectivity index (χ1v) is 12.3. The molecule has 0 N–H and O–H groups in total. The van der Waals surface area contributed by atoms with Gasteiger partial charge >= 0.3 is 0 Å². The zero-order chi connectivity index (χ0) is 25.0. The van der Waals surface area contributed by atoms with E-state index in [-0.39, 0.29) is 44.3 Å². The van der Waals surface area contributed by atoms with Crippen molar-refractivity contribution in [1.29, 1.82) is 0 Å². The highest BCUT2D eigenvalue weighted by Gasteiger charge is 2.66. The van der Waals surface area contributed by atoms with Gasteiger partial charge in [-0.05, 0) is 125 Å². The van der Waals surface area contributed by atoms with Gasteiger partial charge in [-0.15, -0.1) is 0 Å². The topological polar surface area (TPSA) is 13.0 Å². The van der Waals surface area contributed by atoms with Crippen molar-refractivity contribution in [2.45, 2.75) is 155 Å². The van der Waals surface area contributed by atoms with E-state index >= 15 is 0 Å². The molecule has 2 bridgehead atoms. The van der Waals surface area contributed by atoms with Gasteiger partial charge in [-0.25, -0.2) is 0 Å². The highest BCUT2D eigenvalue weighted by atomic mass is 15.5. The van der Waals surface area contributed by atoms with Gasteiger partial charge in [0.2, 0.25) is 0 Å². The summed E-state index contributed by atoms with van der Waals surface area (Å²) < 4.78 is 0. The van der Waals surface area contributed by atoms with Crippen LogP contribution < -0.4 is 0 Å². The fraction of sp³-hybridized carbons (Fsp3) is 1.00. The lowest BCUT2D eigenvalue weighted by Crippen LogP contribution is -2.88. The summed E-state index contributed by atoms with van der Waals surface area (Å²) in [6, 6.07) is 0. The average Bonchev–Trinajstić information content (AvgIpc) is 2.57. The first kappa shape index (κ1) is 27.1. The Balaban J connectivity index is 3.04. The molecule has 2 rings (SSSR count). The van der Waals surface area contributed by atoms with Crippen molar-refractivity contribution in [3.63, 3.8) is 0 Å². The molecule has 0 saturated carbocycles. The zero-order valence-electron chi connectivity index (χ0n) is 24.5. The molecule has 4 nitrogen and oxygen atoms in total. The maximum absolute atomic E-state index is 2.82. The van der Waals surface area contributed by atoms with Crippen LogP contribution >= 0.6 is 0 Å². The molecule has 0 aromatic carbocycles. The van der Waals surface area contributed by atoms with E-state index in [1.54, 1.807) is 0 Å². The van der Waals surface area contributed by atoms with Crippen molar-refractivity contribution >= 4 is 0 Å². The SMILES string of the molecule is CN1C(C)(C)C(C)(C)N2CN(C(C)(C)C1(C)C)C(C)(C)C(C)(C)N(C)C(C)(C)C2(C)C. The number of likely N-dealkylation sites (N-methyl/N-ethyl adjacent to an activating group) is 2. The van der Waals surface area contributed by atoms with E-state index in [0.29, 0.717) is 0 Å². The lowest BCUT2D eigenvalue weighted by molar-refractivity contribution is -0.260. The standard InChI is InChI=1S/C27H56N4/c1-20(2)24(9,10)30-19-31(25(11,12)21(3,4)28(20)17)27(15,16)23(7,8)29(18)22(5,6)26(30,13)14/h19H2,1-18H3. The van der Waals surface area contributed by atoms with Crippen LogP contribution in [0, 0.1) is 0 Å². The molecule has 0 aliphatic carbocycles. The Morgan fingerprint density at radius 3 is 0.645 bits per heavy atom. The van der Waals surface area contributed by atoms with E-state index in [9.17, 15) is 0 Å². The average molecular weight is 437 g/mol. The van der Waals surface area contributed by atoms with Gasteiger partial charge in [0.25, 0.3) is 0 Å². The lowest BCUT2D eigenvalue weighted by Gasteiger charge is -2.75. The fourth-order valence-electron chi connectivity index (χ4n) is 6.61. The van der Waals surface area contributed by atoms with E-state index in [1.807, 2.05) is 0 Å². The van der Waals surface area contributed by atoms with E-state index in [0.717, 1.165) is 6.67 Å². The molecule has 0 amide bonds. The maximum atomic E-state index is 2.82. The van der Waals surface area contributed by atoms with Crippen LogP contribution in [0.15, 0.2) is 0 Å². The van der Waals surface area contributed by atoms with Crippen LogP contribution in [0.25, 0.3) is 0 Å². The normalized spacial score (nSPS) is 37.7. The quantitative estimate of drug-likeness (QED) is 0.485. The van der Waals surface area contributed by atoms with Crippen LogP contribution in [0.1, 0.15) is 111 Å². The van der Waals surface area contributed by atoms with Gasteiger partial charge in [-0.3, -0.25) is 19.6 Å². The van der Waals surface area contributed by atoms with Gasteiger partial charge in [-0.2, -0.15) is 0 Å². The first-order chi connectivity index (χ1) is 13.3. The van der Waals surface area contributed by atoms with Crippen molar-refractivity contribution in [3.8, 4) is 0 Å². The maximum Gasteiger partial charge on any atom is 0.0529 e. The molecular formula is C27H56N4. The minimum atomic E-state index is -0.0626. The summed E-state index contributed by atoms with van der Waals surface area (Å²) >= 11 is 0. The molecule has 184 valence electrons. The Labute approximate surface area is 195 Å². The Morgan fingerprint density at radius 2 is 0.484 bits per heavy atom. The molecule has 31 heavy (non-hydrogen) atoms. The fourth-order valence-corrected chi connectivity index (χ4v) is 6.61. The molecule has 0 aromatic rings. The number of hydrogen-bond acceptors (Lipinski definition) is 4. The van der Waals surface area contributed by atoms with Crippen LogP contribution in [-0.4, -0.2) is 84.7 Å². The second kappa shape index (κ2) is 6.71. The number of fused-ring (bicyclic) bond motifs is 2. The Kier molecular flexibility index (Phi) is 5.86. The van der Waals surface area contributed by atoms with Gasteiger partial charge in [0.1, 0.15) is 0 Å². The van der Waals surface area contributed by atoms with Gasteiger partial charge in [0.05, 0.1) is 6.67 Å². The molecule has 0 radical (unpaired) electrons. The molecule has 4 heteroatoms. The summed E-state index contributed by atoms with van der Waals surface area (Å²) in [5.74, 6) is 0. The van der Waals surface area contributed by atoms with E-state index in [4.69, 9.17) is 0 Å². The van der Waals surface area contributed by atoms with E-state index in [2.05, 4.69) is 144 Å². The van der Waals surface area contributed by atoms with Gasteiger partial charge in [0, 0.05) is 44.3 Å². The minimum absolute atomic E-state index is 0.0371. The summed E-state index contributed by atoms with van der Waals surface area (Å²) in [5.41, 5.74) is -0.398. The third-order valence-corrected chi connectivity index (χ3v) is 12.3. The lowest BCUT2D eigenvalue weighted by atomic mass is 9.63. The highest BCUT2D eigenvalue weighted by molar-refractivity contribution is 5.23. The summed E-state index contributed by atoms with van der Waals surface area (Å²) in [6.07, 6.45) is 0. The largest absolute Gasteiger partial charge is 0.292 e. The van der Waals surface area contributed by atoms with Crippen LogP contribution in [-0.2, 0) is 0 Å². The second-order valence-corrected chi connectivity index (χ2v) is 14.6. The molecular weight excluding hydrogens is 380 g/mol. The molecule has 0 atom stereocenters. The summed E-state index contributed by atoms with van der Waals surface area (Å²) in [5, 5.41) is 0. The van der Waals surface area contributed by atoms with Crippen molar-refractivity contribution in [2.75, 3.05) is 20.8 Å². The molecule has 2 aliphatic heterocycles. The van der Waals surface area contributed by atoms with Crippen LogP contribution in [0.3, 0.4) is 0 Å². The van der Waals surface area contributed by atoms with Crippen LogP contribution in [0.4, 0.5) is 0 Å². The Bertz CT molecular complexity index is 593. The number of hydrogen-bond donors (Lipinski definition) is 0. The van der Waals surface area contributed by atoms with Crippen LogP contribution in [0.2, 0.25) is 0 Å². The van der Waals surface area contributed by atoms with Crippen molar-refractivity contribution in [3.05, 3.63) is 0 Å². The molecule has 2 fully saturated rings. The second-order valence-electron chi connectivity index (χ2n) is 14.6. The predicted molar refractivity (Wildman–Crippen MR) is 137 cm³/mol. The van der Waals surface area contributed by atoms with E-state index < -0.39 is 0 Å². The van der Waals surface area contributed by atoms with E-state index in [1.165, 1.54) is 0 Å². The van der Waals surface area contributed by atoms with Crippen molar-refractivity contribution in [1.82, 2.24) is 19.6 Å². The zero-order valence-corrected chi connectivity index (χ0v) is 24.5.